The van der Waals surface area contributed by atoms with Crippen LogP contribution in [0.15, 0.2) is 30.3 Å². The summed E-state index contributed by atoms with van der Waals surface area (Å²) in [6.45, 7) is 0.597. The molecule has 2 aliphatic heterocycles. The van der Waals surface area contributed by atoms with Crippen molar-refractivity contribution >= 4 is 75.6 Å². The molecule has 2 aromatic rings. The van der Waals surface area contributed by atoms with Gasteiger partial charge in [-0.15, -0.1) is 0 Å². The summed E-state index contributed by atoms with van der Waals surface area (Å²) >= 11 is 25.1. The first kappa shape index (κ1) is 30.8. The fourth-order valence-electron chi connectivity index (χ4n) is 7.62. The van der Waals surface area contributed by atoms with Crippen LogP contribution in [0.3, 0.4) is 0 Å². The molecule has 230 valence electrons. The Labute approximate surface area is 265 Å². The molecule has 7 rings (SSSR count). The van der Waals surface area contributed by atoms with Gasteiger partial charge in [-0.05, 0) is 55.0 Å². The van der Waals surface area contributed by atoms with Gasteiger partial charge < -0.3 is 15.3 Å². The third-order valence-electron chi connectivity index (χ3n) is 9.28. The third-order valence-corrected chi connectivity index (χ3v) is 10.2. The van der Waals surface area contributed by atoms with E-state index < -0.39 is 71.7 Å². The minimum Gasteiger partial charge on any atom is -0.481 e. The van der Waals surface area contributed by atoms with Crippen LogP contribution in [-0.4, -0.2) is 58.5 Å². The van der Waals surface area contributed by atoms with Crippen LogP contribution in [-0.2, 0) is 19.9 Å². The summed E-state index contributed by atoms with van der Waals surface area (Å²) in [6, 6.07) is 5.92. The fourth-order valence-corrected chi connectivity index (χ4v) is 8.68. The highest BCUT2D eigenvalue weighted by molar-refractivity contribution is 6.38. The molecule has 3 aliphatic carbocycles. The molecule has 0 radical (unpaired) electrons. The topological polar surface area (TPSA) is 90.0 Å². The zero-order valence-electron chi connectivity index (χ0n) is 22.7. The van der Waals surface area contributed by atoms with Crippen molar-refractivity contribution in [2.24, 2.45) is 11.3 Å². The Balaban J connectivity index is 1.42. The Bertz CT molecular complexity index is 1540. The second kappa shape index (κ2) is 10.1. The van der Waals surface area contributed by atoms with Crippen molar-refractivity contribution in [3.8, 4) is 0 Å². The SMILES string of the molecule is C[C@@H](C(=O)N(CC12CC(F)(C1)C2)c1cc(Cl)cc(Cl)c1)[C@H]1CC(F)(F)CN1[C@@]1(CC(=O)O)C(=O)Nc2c(Cl)cc(Cl)cc21. The molecule has 2 bridgehead atoms. The molecule has 2 aromatic carbocycles. The van der Waals surface area contributed by atoms with Gasteiger partial charge in [-0.2, -0.15) is 0 Å². The van der Waals surface area contributed by atoms with E-state index in [1.165, 1.54) is 42.2 Å². The Morgan fingerprint density at radius 2 is 1.65 bits per heavy atom. The predicted octanol–water partition coefficient (Wildman–Crippen LogP) is 7.19. The summed E-state index contributed by atoms with van der Waals surface area (Å²) in [6.07, 6.45) is -0.868. The first-order valence-electron chi connectivity index (χ1n) is 13.6. The predicted molar refractivity (Wildman–Crippen MR) is 157 cm³/mol. The number of carbonyl (C=O) groups is 3. The number of halogens is 7. The molecule has 43 heavy (non-hydrogen) atoms. The van der Waals surface area contributed by atoms with Gasteiger partial charge in [0.25, 0.3) is 5.92 Å². The van der Waals surface area contributed by atoms with E-state index in [0.29, 0.717) is 5.69 Å². The van der Waals surface area contributed by atoms with Crippen molar-refractivity contribution in [3.63, 3.8) is 0 Å². The Morgan fingerprint density at radius 3 is 2.23 bits per heavy atom. The minimum absolute atomic E-state index is 0.0166. The van der Waals surface area contributed by atoms with Crippen molar-refractivity contribution < 1.29 is 32.7 Å². The monoisotopic (exact) mass is 677 g/mol. The van der Waals surface area contributed by atoms with Crippen LogP contribution < -0.4 is 10.2 Å². The highest BCUT2D eigenvalue weighted by atomic mass is 35.5. The van der Waals surface area contributed by atoms with E-state index in [1.54, 1.807) is 0 Å². The highest BCUT2D eigenvalue weighted by Crippen LogP contribution is 2.69. The molecule has 0 spiro atoms. The van der Waals surface area contributed by atoms with Crippen LogP contribution in [0.4, 0.5) is 24.5 Å². The quantitative estimate of drug-likeness (QED) is 0.309. The zero-order chi connectivity index (χ0) is 31.3. The fraction of sp³-hybridized carbons (Fsp3) is 0.483. The van der Waals surface area contributed by atoms with Gasteiger partial charge in [0.05, 0.1) is 29.6 Å². The van der Waals surface area contributed by atoms with Gasteiger partial charge in [-0.1, -0.05) is 53.3 Å². The number of fused-ring (bicyclic) bond motifs is 1. The van der Waals surface area contributed by atoms with Gasteiger partial charge in [-0.3, -0.25) is 19.3 Å². The van der Waals surface area contributed by atoms with Crippen LogP contribution in [0.2, 0.25) is 20.1 Å². The molecule has 5 aliphatic rings. The number of rotatable bonds is 8. The van der Waals surface area contributed by atoms with Gasteiger partial charge in [0.15, 0.2) is 0 Å². The van der Waals surface area contributed by atoms with Crippen LogP contribution in [0.1, 0.15) is 44.6 Å². The van der Waals surface area contributed by atoms with E-state index in [-0.39, 0.29) is 57.1 Å². The number of anilines is 2. The van der Waals surface area contributed by atoms with Crippen molar-refractivity contribution in [1.29, 1.82) is 0 Å². The van der Waals surface area contributed by atoms with E-state index in [0.717, 1.165) is 4.90 Å². The Morgan fingerprint density at radius 1 is 1.05 bits per heavy atom. The normalized spacial score (nSPS) is 31.1. The van der Waals surface area contributed by atoms with Gasteiger partial charge in [0, 0.05) is 45.3 Å². The van der Waals surface area contributed by atoms with E-state index in [1.807, 2.05) is 0 Å². The van der Waals surface area contributed by atoms with Crippen LogP contribution in [0.5, 0.6) is 0 Å². The first-order valence-corrected chi connectivity index (χ1v) is 15.1. The number of likely N-dealkylation sites (tertiary alicyclic amines) is 1. The molecule has 2 amide bonds. The summed E-state index contributed by atoms with van der Waals surface area (Å²) in [5, 5.41) is 13.1. The zero-order valence-corrected chi connectivity index (χ0v) is 25.7. The van der Waals surface area contributed by atoms with E-state index in [4.69, 9.17) is 46.4 Å². The number of alkyl halides is 3. The van der Waals surface area contributed by atoms with Crippen LogP contribution in [0, 0.1) is 11.3 Å². The van der Waals surface area contributed by atoms with Gasteiger partial charge in [0.2, 0.25) is 11.8 Å². The largest absolute Gasteiger partial charge is 0.481 e. The molecule has 3 atom stereocenters. The van der Waals surface area contributed by atoms with Crippen molar-refractivity contribution in [2.45, 2.75) is 62.2 Å². The van der Waals surface area contributed by atoms with Crippen LogP contribution in [0.25, 0.3) is 0 Å². The lowest BCUT2D eigenvalue weighted by molar-refractivity contribution is -0.207. The minimum atomic E-state index is -3.37. The van der Waals surface area contributed by atoms with E-state index in [2.05, 4.69) is 5.32 Å². The number of carboxylic acid groups (broad SMARTS) is 1. The van der Waals surface area contributed by atoms with E-state index in [9.17, 15) is 23.9 Å². The number of carbonyl (C=O) groups excluding carboxylic acids is 2. The lowest BCUT2D eigenvalue weighted by Crippen LogP contribution is -2.68. The number of hydrogen-bond acceptors (Lipinski definition) is 4. The Hall–Kier alpha value is -2.24. The molecule has 0 aromatic heterocycles. The van der Waals surface area contributed by atoms with Crippen molar-refractivity contribution in [2.75, 3.05) is 23.3 Å². The summed E-state index contributed by atoms with van der Waals surface area (Å²) in [5.41, 5.74) is -3.39. The number of amides is 2. The molecular weight excluding hydrogens is 653 g/mol. The first-order chi connectivity index (χ1) is 20.0. The second-order valence-electron chi connectivity index (χ2n) is 12.5. The number of nitrogens with one attached hydrogen (secondary N) is 1. The molecule has 3 saturated carbocycles. The summed E-state index contributed by atoms with van der Waals surface area (Å²) in [4.78, 5) is 42.7. The standard InChI is InChI=1S/C29H26Cl4F3N3O4/c1-14(24(42)38(12-26-9-27(34,10-26)11-26)18-3-15(30)2-16(31)4-18)21-7-28(35,36)13-39(21)29(8-22(40)41)19-5-17(32)6-20(33)23(19)37-25(29)43/h2-6,14,21H,7-13H2,1H3,(H,37,43)(H,40,41)/t14-,21-,26?,27?,29-/m1/s1. The van der Waals surface area contributed by atoms with Gasteiger partial charge in [0.1, 0.15) is 11.2 Å². The molecule has 2 N–H and O–H groups in total. The summed E-state index contributed by atoms with van der Waals surface area (Å²) < 4.78 is 45.1. The average molecular weight is 679 g/mol. The number of nitrogens with zero attached hydrogens (tertiary/aromatic N) is 2. The van der Waals surface area contributed by atoms with Gasteiger partial charge in [-0.25, -0.2) is 13.2 Å². The molecule has 1 saturated heterocycles. The Kier molecular flexibility index (Phi) is 7.25. The van der Waals surface area contributed by atoms with Crippen molar-refractivity contribution in [3.05, 3.63) is 56.0 Å². The van der Waals surface area contributed by atoms with E-state index >= 15 is 8.78 Å². The number of carboxylic acids is 1. The third kappa shape index (κ3) is 5.07. The summed E-state index contributed by atoms with van der Waals surface area (Å²) in [5.74, 6) is -7.40. The van der Waals surface area contributed by atoms with Crippen LogP contribution >= 0.6 is 46.4 Å². The molecule has 7 nitrogen and oxygen atoms in total. The smallest absolute Gasteiger partial charge is 0.306 e. The maximum absolute atomic E-state index is 15.3. The molecule has 14 heteroatoms. The van der Waals surface area contributed by atoms with Gasteiger partial charge >= 0.3 is 5.97 Å². The molecule has 4 fully saturated rings. The lowest BCUT2D eigenvalue weighted by Gasteiger charge is -2.66. The summed E-state index contributed by atoms with van der Waals surface area (Å²) in [7, 11) is 0. The second-order valence-corrected chi connectivity index (χ2v) is 14.2. The molecule has 0 unspecified atom stereocenters. The highest BCUT2D eigenvalue weighted by Gasteiger charge is 2.70. The maximum Gasteiger partial charge on any atom is 0.306 e. The van der Waals surface area contributed by atoms with Crippen molar-refractivity contribution in [1.82, 2.24) is 4.90 Å². The maximum atomic E-state index is 15.3. The lowest BCUT2D eigenvalue weighted by atomic mass is 9.42. The number of hydrogen-bond donors (Lipinski definition) is 2. The number of aliphatic carboxylic acids is 1. The molecular formula is C29H26Cl4F3N3O4. The number of benzene rings is 2. The average Bonchev–Trinajstić information content (AvgIpc) is 3.32. The molecule has 2 heterocycles.